The molecule has 2 aromatic rings. The fraction of sp³-hybridized carbons (Fsp3) is 0.214. The number of benzene rings is 1. The minimum Gasteiger partial charge on any atom is -0.467 e. The monoisotopic (exact) mass is 358 g/mol. The molecule has 1 atom stereocenters. The number of rotatable bonds is 5. The highest BCUT2D eigenvalue weighted by Gasteiger charge is 2.25. The summed E-state index contributed by atoms with van der Waals surface area (Å²) in [5.41, 5.74) is 0.895. The van der Waals surface area contributed by atoms with Gasteiger partial charge in [-0.1, -0.05) is 53.5 Å². The molecule has 0 fully saturated rings. The smallest absolute Gasteiger partial charge is 0.328 e. The van der Waals surface area contributed by atoms with Crippen molar-refractivity contribution in [3.63, 3.8) is 0 Å². The molecule has 8 heteroatoms. The Kier molecular flexibility index (Phi) is 5.76. The van der Waals surface area contributed by atoms with Gasteiger partial charge in [0, 0.05) is 6.42 Å². The van der Waals surface area contributed by atoms with Crippen molar-refractivity contribution in [2.24, 2.45) is 0 Å². The molecule has 1 amide bonds. The van der Waals surface area contributed by atoms with Gasteiger partial charge < -0.3 is 10.1 Å². The summed E-state index contributed by atoms with van der Waals surface area (Å²) in [6.07, 6.45) is 0.309. The van der Waals surface area contributed by atoms with Crippen LogP contribution in [0.1, 0.15) is 15.2 Å². The molecule has 2 rings (SSSR count). The van der Waals surface area contributed by atoms with Crippen molar-refractivity contribution in [3.8, 4) is 0 Å². The lowest BCUT2D eigenvalue weighted by molar-refractivity contribution is -0.142. The molecule has 0 saturated carbocycles. The molecule has 0 saturated heterocycles. The summed E-state index contributed by atoms with van der Waals surface area (Å²) in [5, 5.41) is 2.74. The van der Waals surface area contributed by atoms with E-state index < -0.39 is 17.9 Å². The van der Waals surface area contributed by atoms with Crippen LogP contribution < -0.4 is 5.32 Å². The molecule has 1 aromatic carbocycles. The van der Waals surface area contributed by atoms with Crippen molar-refractivity contribution < 1.29 is 14.3 Å². The second-order valence-corrected chi connectivity index (χ2v) is 5.86. The van der Waals surface area contributed by atoms with Gasteiger partial charge in [0.25, 0.3) is 5.91 Å². The zero-order chi connectivity index (χ0) is 16.1. The van der Waals surface area contributed by atoms with Crippen LogP contribution in [-0.2, 0) is 16.0 Å². The van der Waals surface area contributed by atoms with E-state index >= 15 is 0 Å². The molecular formula is C14H12Cl2N2O3S. The van der Waals surface area contributed by atoms with Crippen molar-refractivity contribution >= 4 is 46.6 Å². The summed E-state index contributed by atoms with van der Waals surface area (Å²) >= 11 is 12.5. The second-order valence-electron chi connectivity index (χ2n) is 4.36. The van der Waals surface area contributed by atoms with E-state index in [9.17, 15) is 9.59 Å². The standard InChI is InChI=1S/C14H12Cl2N2O3S/c1-21-14(20)9(7-8-5-3-2-4-6-8)17-13(19)11-10(15)12(16)18-22-11/h2-6,9H,7H2,1H3,(H,17,19). The van der Waals surface area contributed by atoms with E-state index in [1.807, 2.05) is 30.3 Å². The van der Waals surface area contributed by atoms with E-state index in [0.717, 1.165) is 17.1 Å². The van der Waals surface area contributed by atoms with Crippen molar-refractivity contribution in [3.05, 3.63) is 50.9 Å². The summed E-state index contributed by atoms with van der Waals surface area (Å²) < 4.78 is 8.52. The molecule has 0 aliphatic heterocycles. The zero-order valence-corrected chi connectivity index (χ0v) is 13.8. The van der Waals surface area contributed by atoms with E-state index in [0.29, 0.717) is 6.42 Å². The molecule has 0 aliphatic carbocycles. The number of ether oxygens (including phenoxy) is 1. The lowest BCUT2D eigenvalue weighted by Crippen LogP contribution is -2.42. The Morgan fingerprint density at radius 1 is 1.32 bits per heavy atom. The minimum absolute atomic E-state index is 0.0643. The first-order valence-electron chi connectivity index (χ1n) is 6.26. The summed E-state index contributed by atoms with van der Waals surface area (Å²) in [6, 6.07) is 8.47. The number of nitrogens with zero attached hydrogens (tertiary/aromatic N) is 1. The zero-order valence-electron chi connectivity index (χ0n) is 11.5. The van der Waals surface area contributed by atoms with Crippen molar-refractivity contribution in [2.45, 2.75) is 12.5 Å². The summed E-state index contributed by atoms with van der Waals surface area (Å²) in [7, 11) is 1.27. The molecule has 1 N–H and O–H groups in total. The maximum atomic E-state index is 12.2. The van der Waals surface area contributed by atoms with Crippen LogP contribution in [0.15, 0.2) is 30.3 Å². The van der Waals surface area contributed by atoms with E-state index in [-0.39, 0.29) is 15.1 Å². The number of aromatic nitrogens is 1. The highest BCUT2D eigenvalue weighted by Crippen LogP contribution is 2.28. The van der Waals surface area contributed by atoms with Crippen LogP contribution in [0.25, 0.3) is 0 Å². The highest BCUT2D eigenvalue weighted by atomic mass is 35.5. The first-order valence-corrected chi connectivity index (χ1v) is 7.79. The minimum atomic E-state index is -0.822. The Labute approximate surface area is 141 Å². The van der Waals surface area contributed by atoms with Gasteiger partial charge in [-0.25, -0.2) is 4.79 Å². The van der Waals surface area contributed by atoms with Crippen LogP contribution in [0.4, 0.5) is 0 Å². The summed E-state index contributed by atoms with van der Waals surface area (Å²) in [6.45, 7) is 0. The molecule has 0 aliphatic rings. The summed E-state index contributed by atoms with van der Waals surface area (Å²) in [5.74, 6) is -1.05. The average Bonchev–Trinajstić information content (AvgIpc) is 2.86. The SMILES string of the molecule is COC(=O)C(Cc1ccccc1)NC(=O)c1snc(Cl)c1Cl. The Morgan fingerprint density at radius 2 is 2.00 bits per heavy atom. The number of esters is 1. The third-order valence-electron chi connectivity index (χ3n) is 2.88. The Bertz CT molecular complexity index is 676. The van der Waals surface area contributed by atoms with E-state index in [2.05, 4.69) is 9.69 Å². The molecule has 0 bridgehead atoms. The van der Waals surface area contributed by atoms with Gasteiger partial charge in [0.1, 0.15) is 15.9 Å². The number of carbonyl (C=O) groups is 2. The Balaban J connectivity index is 2.15. The molecular weight excluding hydrogens is 347 g/mol. The van der Waals surface area contributed by atoms with Crippen LogP contribution in [0.2, 0.25) is 10.2 Å². The average molecular weight is 359 g/mol. The Morgan fingerprint density at radius 3 is 2.55 bits per heavy atom. The highest BCUT2D eigenvalue weighted by molar-refractivity contribution is 7.09. The molecule has 5 nitrogen and oxygen atoms in total. The predicted molar refractivity (Wildman–Crippen MR) is 85.6 cm³/mol. The van der Waals surface area contributed by atoms with E-state index in [4.69, 9.17) is 27.9 Å². The number of hydrogen-bond donors (Lipinski definition) is 1. The molecule has 1 aromatic heterocycles. The van der Waals surface area contributed by atoms with Gasteiger partial charge in [-0.3, -0.25) is 4.79 Å². The van der Waals surface area contributed by atoms with Crippen LogP contribution in [0.3, 0.4) is 0 Å². The molecule has 1 unspecified atom stereocenters. The van der Waals surface area contributed by atoms with Crippen LogP contribution in [0, 0.1) is 0 Å². The van der Waals surface area contributed by atoms with Crippen LogP contribution >= 0.6 is 34.7 Å². The first-order chi connectivity index (χ1) is 10.5. The van der Waals surface area contributed by atoms with Crippen molar-refractivity contribution in [2.75, 3.05) is 7.11 Å². The van der Waals surface area contributed by atoms with Gasteiger partial charge in [-0.2, -0.15) is 4.37 Å². The van der Waals surface area contributed by atoms with Gasteiger partial charge >= 0.3 is 5.97 Å². The number of carbonyl (C=O) groups excluding carboxylic acids is 2. The molecule has 0 spiro atoms. The van der Waals surface area contributed by atoms with Gasteiger partial charge in [0.15, 0.2) is 5.15 Å². The fourth-order valence-corrected chi connectivity index (χ4v) is 2.93. The number of halogens is 2. The van der Waals surface area contributed by atoms with Gasteiger partial charge in [-0.15, -0.1) is 0 Å². The summed E-state index contributed by atoms with van der Waals surface area (Å²) in [4.78, 5) is 24.2. The third kappa shape index (κ3) is 3.97. The Hall–Kier alpha value is -1.63. The maximum Gasteiger partial charge on any atom is 0.328 e. The van der Waals surface area contributed by atoms with Crippen LogP contribution in [-0.4, -0.2) is 29.4 Å². The second kappa shape index (κ2) is 7.58. The number of methoxy groups -OCH3 is 1. The molecule has 1 heterocycles. The van der Waals surface area contributed by atoms with Gasteiger partial charge in [-0.05, 0) is 17.1 Å². The van der Waals surface area contributed by atoms with Crippen molar-refractivity contribution in [1.82, 2.24) is 9.69 Å². The van der Waals surface area contributed by atoms with Gasteiger partial charge in [0.2, 0.25) is 0 Å². The van der Waals surface area contributed by atoms with E-state index in [1.165, 1.54) is 7.11 Å². The topological polar surface area (TPSA) is 68.3 Å². The molecule has 0 radical (unpaired) electrons. The number of nitrogens with one attached hydrogen (secondary N) is 1. The maximum absolute atomic E-state index is 12.2. The van der Waals surface area contributed by atoms with Crippen LogP contribution in [0.5, 0.6) is 0 Å². The van der Waals surface area contributed by atoms with Crippen molar-refractivity contribution in [1.29, 1.82) is 0 Å². The quantitative estimate of drug-likeness (QED) is 0.834. The fourth-order valence-electron chi connectivity index (χ4n) is 1.81. The lowest BCUT2D eigenvalue weighted by atomic mass is 10.1. The van der Waals surface area contributed by atoms with E-state index in [1.54, 1.807) is 0 Å². The largest absolute Gasteiger partial charge is 0.467 e. The lowest BCUT2D eigenvalue weighted by Gasteiger charge is -2.16. The number of hydrogen-bond acceptors (Lipinski definition) is 5. The molecule has 116 valence electrons. The first kappa shape index (κ1) is 16.7. The number of amides is 1. The third-order valence-corrected chi connectivity index (χ3v) is 4.67. The molecule has 22 heavy (non-hydrogen) atoms. The van der Waals surface area contributed by atoms with Gasteiger partial charge in [0.05, 0.1) is 7.11 Å². The normalized spacial score (nSPS) is 11.8. The predicted octanol–water partition coefficient (Wildman–Crippen LogP) is 2.96.